The zero-order chi connectivity index (χ0) is 27.1. The van der Waals surface area contributed by atoms with Crippen LogP contribution in [-0.4, -0.2) is 40.9 Å². The van der Waals surface area contributed by atoms with E-state index in [-0.39, 0.29) is 36.0 Å². The average molecular weight is 554 g/mol. The number of nitrogens with zero attached hydrogens (tertiary/aromatic N) is 3. The quantitative estimate of drug-likeness (QED) is 0.139. The van der Waals surface area contributed by atoms with Gasteiger partial charge in [0, 0.05) is 43.6 Å². The van der Waals surface area contributed by atoms with Gasteiger partial charge in [-0.25, -0.2) is 4.98 Å². The number of carbonyl (C=O) groups excluding carboxylic acids is 2. The van der Waals surface area contributed by atoms with Crippen LogP contribution in [0, 0.1) is 11.3 Å². The van der Waals surface area contributed by atoms with Gasteiger partial charge in [-0.15, -0.1) is 12.4 Å². The number of unbranched alkanes of at least 4 members (excludes halogenated alkanes) is 1. The van der Waals surface area contributed by atoms with Crippen molar-refractivity contribution in [3.63, 3.8) is 0 Å². The van der Waals surface area contributed by atoms with Gasteiger partial charge in [-0.05, 0) is 56.4 Å². The zero-order valence-corrected chi connectivity index (χ0v) is 23.8. The molecule has 0 atom stereocenters. The maximum absolute atomic E-state index is 13.1. The highest BCUT2D eigenvalue weighted by Gasteiger charge is 2.25. The molecule has 2 aromatic carbocycles. The number of carbonyl (C=O) groups is 2. The highest BCUT2D eigenvalue weighted by atomic mass is 35.5. The summed E-state index contributed by atoms with van der Waals surface area (Å²) in [5.41, 5.74) is 10.1. The van der Waals surface area contributed by atoms with Gasteiger partial charge >= 0.3 is 5.97 Å². The van der Waals surface area contributed by atoms with Crippen LogP contribution in [0.25, 0.3) is 11.0 Å². The summed E-state index contributed by atoms with van der Waals surface area (Å²) < 4.78 is 7.28. The highest BCUT2D eigenvalue weighted by molar-refractivity contribution is 5.96. The third-order valence-corrected chi connectivity index (χ3v) is 7.43. The molecule has 1 fully saturated rings. The van der Waals surface area contributed by atoms with Crippen molar-refractivity contribution in [2.24, 2.45) is 11.7 Å². The van der Waals surface area contributed by atoms with Crippen LogP contribution in [0.3, 0.4) is 0 Å². The summed E-state index contributed by atoms with van der Waals surface area (Å²) >= 11 is 0. The lowest BCUT2D eigenvalue weighted by atomic mass is 9.88. The fourth-order valence-corrected chi connectivity index (χ4v) is 5.27. The van der Waals surface area contributed by atoms with E-state index in [9.17, 15) is 9.59 Å². The number of imidazole rings is 1. The molecule has 1 amide bonds. The lowest BCUT2D eigenvalue weighted by Crippen LogP contribution is -2.33. The van der Waals surface area contributed by atoms with Crippen molar-refractivity contribution >= 4 is 46.8 Å². The number of amidine groups is 1. The number of nitrogens with two attached hydrogens (primary N) is 1. The van der Waals surface area contributed by atoms with Gasteiger partial charge in [0.15, 0.2) is 0 Å². The van der Waals surface area contributed by atoms with Crippen LogP contribution in [0.4, 0.5) is 5.69 Å². The van der Waals surface area contributed by atoms with Crippen molar-refractivity contribution in [1.29, 1.82) is 5.41 Å². The van der Waals surface area contributed by atoms with E-state index in [0.717, 1.165) is 73.2 Å². The molecule has 0 saturated heterocycles. The molecule has 0 spiro atoms. The molecule has 0 unspecified atom stereocenters. The maximum atomic E-state index is 13.1. The second kappa shape index (κ2) is 14.1. The Morgan fingerprint density at radius 3 is 2.49 bits per heavy atom. The number of ether oxygens (including phenoxy) is 1. The van der Waals surface area contributed by atoms with E-state index < -0.39 is 0 Å². The third kappa shape index (κ3) is 7.60. The van der Waals surface area contributed by atoms with E-state index in [1.54, 1.807) is 4.90 Å². The minimum atomic E-state index is -0.163. The summed E-state index contributed by atoms with van der Waals surface area (Å²) in [5.74, 6) is 1.10. The molecule has 0 bridgehead atoms. The number of nitrogens with one attached hydrogen (secondary N) is 1. The Labute approximate surface area is 236 Å². The van der Waals surface area contributed by atoms with Crippen LogP contribution in [0.1, 0.15) is 75.2 Å². The minimum absolute atomic E-state index is 0. The molecule has 0 radical (unpaired) electrons. The molecule has 8 nitrogen and oxygen atoms in total. The number of benzene rings is 2. The molecule has 3 aromatic rings. The Bertz CT molecular complexity index is 1280. The molecule has 39 heavy (non-hydrogen) atoms. The third-order valence-electron chi connectivity index (χ3n) is 7.43. The molecule has 1 heterocycles. The summed E-state index contributed by atoms with van der Waals surface area (Å²) in [6, 6.07) is 13.7. The zero-order valence-electron chi connectivity index (χ0n) is 22.9. The molecule has 4 rings (SSSR count). The standard InChI is InChI=1S/C30H39N5O3.ClH/c1-3-38-28(36)11-7-8-18-35-26-17-16-24(34(2)30(37)23-9-5-4-6-10-23)20-25(26)33-27(35)19-21-12-14-22(15-13-21)29(31)32;/h12-17,20,23H,3-11,18-19H2,1-2H3,(H3,31,32);1H. The van der Waals surface area contributed by atoms with Crippen LogP contribution < -0.4 is 10.6 Å². The van der Waals surface area contributed by atoms with E-state index in [4.69, 9.17) is 20.9 Å². The van der Waals surface area contributed by atoms with Crippen LogP contribution in [0.5, 0.6) is 0 Å². The Kier molecular flexibility index (Phi) is 10.9. The molecule has 1 saturated carbocycles. The summed E-state index contributed by atoms with van der Waals surface area (Å²) in [6.07, 6.45) is 8.00. The van der Waals surface area contributed by atoms with Gasteiger partial charge < -0.3 is 19.9 Å². The van der Waals surface area contributed by atoms with Crippen molar-refractivity contribution in [1.82, 2.24) is 9.55 Å². The molecule has 1 aromatic heterocycles. The number of hydrogen-bond acceptors (Lipinski definition) is 5. The number of aromatic nitrogens is 2. The molecular formula is C30H40ClN5O3. The van der Waals surface area contributed by atoms with Crippen molar-refractivity contribution in [3.05, 3.63) is 59.4 Å². The van der Waals surface area contributed by atoms with Crippen LogP contribution in [0.15, 0.2) is 42.5 Å². The molecule has 0 aliphatic heterocycles. The summed E-state index contributed by atoms with van der Waals surface area (Å²) in [7, 11) is 1.86. The Morgan fingerprint density at radius 2 is 1.82 bits per heavy atom. The fourth-order valence-electron chi connectivity index (χ4n) is 5.27. The first-order chi connectivity index (χ1) is 18.4. The second-order valence-corrected chi connectivity index (χ2v) is 10.1. The second-order valence-electron chi connectivity index (χ2n) is 10.1. The van der Waals surface area contributed by atoms with Gasteiger partial charge in [-0.3, -0.25) is 15.0 Å². The number of anilines is 1. The summed E-state index contributed by atoms with van der Waals surface area (Å²) in [5, 5.41) is 7.64. The number of esters is 1. The number of aryl methyl sites for hydroxylation is 1. The largest absolute Gasteiger partial charge is 0.466 e. The Hall–Kier alpha value is -3.39. The normalized spacial score (nSPS) is 13.6. The first-order valence-electron chi connectivity index (χ1n) is 13.7. The summed E-state index contributed by atoms with van der Waals surface area (Å²) in [4.78, 5) is 31.7. The van der Waals surface area contributed by atoms with Gasteiger partial charge in [0.2, 0.25) is 5.91 Å². The van der Waals surface area contributed by atoms with E-state index in [1.165, 1.54) is 6.42 Å². The SMILES string of the molecule is CCOC(=O)CCCCn1c(Cc2ccc(C(=N)N)cc2)nc2cc(N(C)C(=O)C3CCCCC3)ccc21.Cl. The monoisotopic (exact) mass is 553 g/mol. The molecule has 210 valence electrons. The minimum Gasteiger partial charge on any atom is -0.466 e. The molecule has 1 aliphatic rings. The Morgan fingerprint density at radius 1 is 1.10 bits per heavy atom. The van der Waals surface area contributed by atoms with Gasteiger partial charge in [0.1, 0.15) is 11.7 Å². The lowest BCUT2D eigenvalue weighted by molar-refractivity contribution is -0.143. The predicted molar refractivity (Wildman–Crippen MR) is 158 cm³/mol. The topological polar surface area (TPSA) is 114 Å². The molecule has 1 aliphatic carbocycles. The Balaban J connectivity index is 0.00000420. The number of nitrogen functional groups attached to an aromatic ring is 1. The fraction of sp³-hybridized carbons (Fsp3) is 0.467. The average Bonchev–Trinajstić information content (AvgIpc) is 3.27. The van der Waals surface area contributed by atoms with E-state index in [1.807, 2.05) is 50.4 Å². The number of halogens is 1. The number of hydrogen-bond donors (Lipinski definition) is 2. The maximum Gasteiger partial charge on any atom is 0.305 e. The molecule has 3 N–H and O–H groups in total. The van der Waals surface area contributed by atoms with Crippen molar-refractivity contribution in [2.45, 2.75) is 71.3 Å². The van der Waals surface area contributed by atoms with Crippen LogP contribution >= 0.6 is 12.4 Å². The number of amides is 1. The first-order valence-corrected chi connectivity index (χ1v) is 13.7. The molecular weight excluding hydrogens is 514 g/mol. The van der Waals surface area contributed by atoms with Gasteiger partial charge in [-0.1, -0.05) is 43.5 Å². The van der Waals surface area contributed by atoms with Gasteiger partial charge in [-0.2, -0.15) is 0 Å². The van der Waals surface area contributed by atoms with Crippen molar-refractivity contribution in [3.8, 4) is 0 Å². The van der Waals surface area contributed by atoms with Crippen molar-refractivity contribution < 1.29 is 14.3 Å². The van der Waals surface area contributed by atoms with E-state index in [2.05, 4.69) is 10.6 Å². The first kappa shape index (κ1) is 30.2. The summed E-state index contributed by atoms with van der Waals surface area (Å²) in [6.45, 7) is 2.95. The van der Waals surface area contributed by atoms with E-state index in [0.29, 0.717) is 25.0 Å². The van der Waals surface area contributed by atoms with Gasteiger partial charge in [0.25, 0.3) is 0 Å². The predicted octanol–water partition coefficient (Wildman–Crippen LogP) is 5.61. The van der Waals surface area contributed by atoms with Crippen LogP contribution in [0.2, 0.25) is 0 Å². The van der Waals surface area contributed by atoms with Gasteiger partial charge in [0.05, 0.1) is 17.6 Å². The van der Waals surface area contributed by atoms with E-state index >= 15 is 0 Å². The van der Waals surface area contributed by atoms with Crippen molar-refractivity contribution in [2.75, 3.05) is 18.6 Å². The lowest BCUT2D eigenvalue weighted by Gasteiger charge is -2.26. The molecule has 9 heteroatoms. The van der Waals surface area contributed by atoms with Crippen LogP contribution in [-0.2, 0) is 27.3 Å². The smallest absolute Gasteiger partial charge is 0.305 e. The number of rotatable bonds is 11. The highest BCUT2D eigenvalue weighted by Crippen LogP contribution is 2.29. The number of fused-ring (bicyclic) bond motifs is 1.